The lowest BCUT2D eigenvalue weighted by molar-refractivity contribution is 0.101. The molecule has 2 aromatic rings. The summed E-state index contributed by atoms with van der Waals surface area (Å²) < 4.78 is 1.62. The van der Waals surface area contributed by atoms with Crippen LogP contribution in [-0.4, -0.2) is 21.9 Å². The topological polar surface area (TPSA) is 46.9 Å². The number of amides is 1. The molecule has 1 aromatic heterocycles. The fraction of sp³-hybridized carbons (Fsp3) is 0.333. The molecule has 0 aliphatic rings. The number of thioether (sulfide) groups is 1. The summed E-state index contributed by atoms with van der Waals surface area (Å²) in [6.45, 7) is 4.33. The fourth-order valence-electron chi connectivity index (χ4n) is 2.10. The van der Waals surface area contributed by atoms with Gasteiger partial charge in [-0.25, -0.2) is 0 Å². The Morgan fingerprint density at radius 1 is 1.48 bits per heavy atom. The Bertz CT molecular complexity index is 654. The zero-order valence-corrected chi connectivity index (χ0v) is 13.9. The van der Waals surface area contributed by atoms with Crippen LogP contribution in [0.4, 0.5) is 5.69 Å². The average Bonchev–Trinajstić information content (AvgIpc) is 2.75. The van der Waals surface area contributed by atoms with Gasteiger partial charge in [0.1, 0.15) is 5.69 Å². The van der Waals surface area contributed by atoms with Crippen LogP contribution in [0.15, 0.2) is 24.3 Å². The second-order valence-corrected chi connectivity index (χ2v) is 5.90. The summed E-state index contributed by atoms with van der Waals surface area (Å²) in [5, 5.41) is 7.56. The minimum Gasteiger partial charge on any atom is -0.321 e. The van der Waals surface area contributed by atoms with E-state index in [-0.39, 0.29) is 5.91 Å². The lowest BCUT2D eigenvalue weighted by Gasteiger charge is -2.08. The van der Waals surface area contributed by atoms with Crippen molar-refractivity contribution in [2.45, 2.75) is 26.1 Å². The molecule has 0 spiro atoms. The SMILES string of the molecule is CCn1nc(C)c(Cl)c1C(=O)Nc1cccc(CSC)c1. The maximum atomic E-state index is 12.4. The van der Waals surface area contributed by atoms with Crippen LogP contribution >= 0.6 is 23.4 Å². The van der Waals surface area contributed by atoms with Crippen LogP contribution in [0.25, 0.3) is 0 Å². The van der Waals surface area contributed by atoms with Gasteiger partial charge in [0, 0.05) is 18.0 Å². The summed E-state index contributed by atoms with van der Waals surface area (Å²) in [5.41, 5.74) is 3.02. The molecule has 1 aromatic carbocycles. The highest BCUT2D eigenvalue weighted by atomic mass is 35.5. The number of rotatable bonds is 5. The van der Waals surface area contributed by atoms with Crippen molar-refractivity contribution in [1.29, 1.82) is 0 Å². The summed E-state index contributed by atoms with van der Waals surface area (Å²) in [6.07, 6.45) is 2.05. The van der Waals surface area contributed by atoms with Crippen molar-refractivity contribution >= 4 is 35.0 Å². The number of aryl methyl sites for hydroxylation is 2. The number of benzene rings is 1. The van der Waals surface area contributed by atoms with E-state index in [0.717, 1.165) is 11.4 Å². The third-order valence-electron chi connectivity index (χ3n) is 3.06. The maximum Gasteiger partial charge on any atom is 0.275 e. The van der Waals surface area contributed by atoms with Crippen molar-refractivity contribution in [3.05, 3.63) is 46.2 Å². The van der Waals surface area contributed by atoms with Gasteiger partial charge in [0.25, 0.3) is 5.91 Å². The number of hydrogen-bond donors (Lipinski definition) is 1. The Morgan fingerprint density at radius 3 is 2.90 bits per heavy atom. The highest BCUT2D eigenvalue weighted by Crippen LogP contribution is 2.22. The molecule has 0 aliphatic carbocycles. The van der Waals surface area contributed by atoms with Gasteiger partial charge in [-0.3, -0.25) is 9.48 Å². The predicted molar refractivity (Wildman–Crippen MR) is 89.3 cm³/mol. The first-order valence-electron chi connectivity index (χ1n) is 6.69. The van der Waals surface area contributed by atoms with Crippen LogP contribution in [0, 0.1) is 6.92 Å². The monoisotopic (exact) mass is 323 g/mol. The van der Waals surface area contributed by atoms with E-state index in [0.29, 0.717) is 23.0 Å². The molecule has 1 N–H and O–H groups in total. The van der Waals surface area contributed by atoms with Crippen molar-refractivity contribution in [3.8, 4) is 0 Å². The third kappa shape index (κ3) is 3.60. The lowest BCUT2D eigenvalue weighted by atomic mass is 10.2. The lowest BCUT2D eigenvalue weighted by Crippen LogP contribution is -2.17. The maximum absolute atomic E-state index is 12.4. The summed E-state index contributed by atoms with van der Waals surface area (Å²) in [5.74, 6) is 0.681. The van der Waals surface area contributed by atoms with Crippen LogP contribution in [0.2, 0.25) is 5.02 Å². The van der Waals surface area contributed by atoms with E-state index in [1.165, 1.54) is 5.56 Å². The first-order valence-corrected chi connectivity index (χ1v) is 8.46. The van der Waals surface area contributed by atoms with Gasteiger partial charge in [0.2, 0.25) is 0 Å². The molecule has 0 unspecified atom stereocenters. The second kappa shape index (κ2) is 7.00. The van der Waals surface area contributed by atoms with E-state index < -0.39 is 0 Å². The van der Waals surface area contributed by atoms with Gasteiger partial charge in [0.05, 0.1) is 10.7 Å². The molecule has 0 fully saturated rings. The number of hydrogen-bond acceptors (Lipinski definition) is 3. The molecule has 0 saturated carbocycles. The minimum atomic E-state index is -0.233. The van der Waals surface area contributed by atoms with Gasteiger partial charge < -0.3 is 5.32 Å². The Hall–Kier alpha value is -1.46. The third-order valence-corrected chi connectivity index (χ3v) is 4.14. The Balaban J connectivity index is 2.24. The van der Waals surface area contributed by atoms with E-state index in [2.05, 4.69) is 10.4 Å². The summed E-state index contributed by atoms with van der Waals surface area (Å²) >= 11 is 7.93. The predicted octanol–water partition coefficient (Wildman–Crippen LogP) is 3.98. The molecule has 1 amide bonds. The number of nitrogens with one attached hydrogen (secondary N) is 1. The van der Waals surface area contributed by atoms with Crippen LogP contribution < -0.4 is 5.32 Å². The number of aromatic nitrogens is 2. The van der Waals surface area contributed by atoms with Crippen LogP contribution in [0.1, 0.15) is 28.7 Å². The van der Waals surface area contributed by atoms with Gasteiger partial charge >= 0.3 is 0 Å². The van der Waals surface area contributed by atoms with Crippen molar-refractivity contribution in [2.75, 3.05) is 11.6 Å². The highest BCUT2D eigenvalue weighted by molar-refractivity contribution is 7.97. The van der Waals surface area contributed by atoms with Crippen molar-refractivity contribution < 1.29 is 4.79 Å². The summed E-state index contributed by atoms with van der Waals surface area (Å²) in [4.78, 5) is 12.4. The standard InChI is InChI=1S/C15H18ClN3OS/c1-4-19-14(13(16)10(2)18-19)15(20)17-12-7-5-6-11(8-12)9-21-3/h5-8H,4,9H2,1-3H3,(H,17,20). The van der Waals surface area contributed by atoms with E-state index in [9.17, 15) is 4.79 Å². The van der Waals surface area contributed by atoms with E-state index in [1.54, 1.807) is 23.4 Å². The Labute approximate surface area is 133 Å². The number of carbonyl (C=O) groups excluding carboxylic acids is 1. The molecular weight excluding hydrogens is 306 g/mol. The number of halogens is 1. The fourth-order valence-corrected chi connectivity index (χ4v) is 2.84. The molecule has 2 rings (SSSR count). The molecule has 112 valence electrons. The molecule has 0 bridgehead atoms. The number of carbonyl (C=O) groups is 1. The normalized spacial score (nSPS) is 10.7. The van der Waals surface area contributed by atoms with Gasteiger partial charge in [-0.2, -0.15) is 16.9 Å². The zero-order valence-electron chi connectivity index (χ0n) is 12.3. The van der Waals surface area contributed by atoms with Crippen molar-refractivity contribution in [3.63, 3.8) is 0 Å². The van der Waals surface area contributed by atoms with Crippen molar-refractivity contribution in [2.24, 2.45) is 0 Å². The number of anilines is 1. The van der Waals surface area contributed by atoms with Crippen LogP contribution in [0.5, 0.6) is 0 Å². The molecular formula is C15H18ClN3OS. The largest absolute Gasteiger partial charge is 0.321 e. The molecule has 4 nitrogen and oxygen atoms in total. The van der Waals surface area contributed by atoms with Crippen LogP contribution in [-0.2, 0) is 12.3 Å². The van der Waals surface area contributed by atoms with E-state index >= 15 is 0 Å². The molecule has 6 heteroatoms. The Morgan fingerprint density at radius 2 is 2.24 bits per heavy atom. The highest BCUT2D eigenvalue weighted by Gasteiger charge is 2.19. The van der Waals surface area contributed by atoms with E-state index in [1.807, 2.05) is 37.4 Å². The van der Waals surface area contributed by atoms with Crippen molar-refractivity contribution in [1.82, 2.24) is 9.78 Å². The quantitative estimate of drug-likeness (QED) is 0.905. The summed E-state index contributed by atoms with van der Waals surface area (Å²) in [6, 6.07) is 7.82. The smallest absolute Gasteiger partial charge is 0.275 e. The molecule has 0 atom stereocenters. The van der Waals surface area contributed by atoms with Crippen LogP contribution in [0.3, 0.4) is 0 Å². The van der Waals surface area contributed by atoms with E-state index in [4.69, 9.17) is 11.6 Å². The van der Waals surface area contributed by atoms with Gasteiger partial charge in [0.15, 0.2) is 0 Å². The molecule has 21 heavy (non-hydrogen) atoms. The minimum absolute atomic E-state index is 0.233. The first kappa shape index (κ1) is 15.9. The molecule has 1 heterocycles. The summed E-state index contributed by atoms with van der Waals surface area (Å²) in [7, 11) is 0. The molecule has 0 saturated heterocycles. The number of nitrogens with zero attached hydrogens (tertiary/aromatic N) is 2. The van der Waals surface area contributed by atoms with Gasteiger partial charge in [-0.1, -0.05) is 23.7 Å². The average molecular weight is 324 g/mol. The Kier molecular flexibility index (Phi) is 5.31. The molecule has 0 aliphatic heterocycles. The first-order chi connectivity index (χ1) is 10.1. The zero-order chi connectivity index (χ0) is 15.4. The van der Waals surface area contributed by atoms with Gasteiger partial charge in [-0.05, 0) is 37.8 Å². The molecule has 0 radical (unpaired) electrons. The second-order valence-electron chi connectivity index (χ2n) is 4.65. The van der Waals surface area contributed by atoms with Gasteiger partial charge in [-0.15, -0.1) is 0 Å².